The molecule has 2 aromatic rings. The normalized spacial score (nSPS) is 10.9. The SMILES string of the molecule is C#CC(C)(C)NC(=O)c1ccc2ccccc2n1. The summed E-state index contributed by atoms with van der Waals surface area (Å²) >= 11 is 0. The van der Waals surface area contributed by atoms with Crippen LogP contribution in [-0.2, 0) is 0 Å². The van der Waals surface area contributed by atoms with Crippen LogP contribution in [0.2, 0.25) is 0 Å². The van der Waals surface area contributed by atoms with E-state index in [1.54, 1.807) is 19.9 Å². The van der Waals surface area contributed by atoms with Gasteiger partial charge in [-0.05, 0) is 26.0 Å². The van der Waals surface area contributed by atoms with Gasteiger partial charge in [-0.2, -0.15) is 0 Å². The minimum Gasteiger partial charge on any atom is -0.335 e. The van der Waals surface area contributed by atoms with Gasteiger partial charge in [-0.1, -0.05) is 30.2 Å². The first kappa shape index (κ1) is 12.1. The number of amides is 1. The molecule has 1 N–H and O–H groups in total. The third-order valence-electron chi connectivity index (χ3n) is 2.62. The number of benzene rings is 1. The second-order valence-corrected chi connectivity index (χ2v) is 4.61. The van der Waals surface area contributed by atoms with Crippen molar-refractivity contribution in [2.45, 2.75) is 19.4 Å². The molecular weight excluding hydrogens is 224 g/mol. The Bertz CT molecular complexity index is 638. The molecule has 1 aromatic heterocycles. The van der Waals surface area contributed by atoms with Gasteiger partial charge in [-0.25, -0.2) is 4.98 Å². The molecule has 0 aliphatic rings. The Labute approximate surface area is 106 Å². The fourth-order valence-corrected chi connectivity index (χ4v) is 1.58. The van der Waals surface area contributed by atoms with Crippen molar-refractivity contribution in [3.05, 3.63) is 42.1 Å². The van der Waals surface area contributed by atoms with E-state index >= 15 is 0 Å². The van der Waals surface area contributed by atoms with Gasteiger partial charge in [0.2, 0.25) is 0 Å². The number of aromatic nitrogens is 1. The number of pyridine rings is 1. The van der Waals surface area contributed by atoms with Crippen LogP contribution in [-0.4, -0.2) is 16.4 Å². The average Bonchev–Trinajstić information content (AvgIpc) is 2.37. The molecule has 0 bridgehead atoms. The molecule has 0 aliphatic carbocycles. The summed E-state index contributed by atoms with van der Waals surface area (Å²) in [6, 6.07) is 11.2. The van der Waals surface area contributed by atoms with Gasteiger partial charge in [0, 0.05) is 5.39 Å². The summed E-state index contributed by atoms with van der Waals surface area (Å²) in [6.07, 6.45) is 5.34. The number of para-hydroxylation sites is 1. The molecule has 2 rings (SSSR count). The minimum absolute atomic E-state index is 0.260. The summed E-state index contributed by atoms with van der Waals surface area (Å²) in [4.78, 5) is 16.3. The van der Waals surface area contributed by atoms with Crippen LogP contribution in [0.1, 0.15) is 24.3 Å². The van der Waals surface area contributed by atoms with Crippen LogP contribution in [0.15, 0.2) is 36.4 Å². The smallest absolute Gasteiger partial charge is 0.271 e. The molecule has 0 atom stereocenters. The fraction of sp³-hybridized carbons (Fsp3) is 0.200. The van der Waals surface area contributed by atoms with E-state index in [0.717, 1.165) is 10.9 Å². The fourth-order valence-electron chi connectivity index (χ4n) is 1.58. The lowest BCUT2D eigenvalue weighted by Crippen LogP contribution is -2.42. The highest BCUT2D eigenvalue weighted by molar-refractivity contribution is 5.95. The van der Waals surface area contributed by atoms with Gasteiger partial charge < -0.3 is 5.32 Å². The summed E-state index contributed by atoms with van der Waals surface area (Å²) in [5.74, 6) is 2.26. The van der Waals surface area contributed by atoms with Gasteiger partial charge in [-0.15, -0.1) is 6.42 Å². The van der Waals surface area contributed by atoms with Gasteiger partial charge in [0.05, 0.1) is 11.1 Å². The van der Waals surface area contributed by atoms with Crippen molar-refractivity contribution >= 4 is 16.8 Å². The summed E-state index contributed by atoms with van der Waals surface area (Å²) in [5.41, 5.74) is 0.491. The number of carbonyl (C=O) groups is 1. The number of nitrogens with zero attached hydrogens (tertiary/aromatic N) is 1. The molecule has 0 unspecified atom stereocenters. The highest BCUT2D eigenvalue weighted by atomic mass is 16.2. The van der Waals surface area contributed by atoms with Crippen molar-refractivity contribution in [2.75, 3.05) is 0 Å². The zero-order chi connectivity index (χ0) is 13.2. The van der Waals surface area contributed by atoms with E-state index in [9.17, 15) is 4.79 Å². The van der Waals surface area contributed by atoms with E-state index in [1.807, 2.05) is 30.3 Å². The maximum absolute atomic E-state index is 12.0. The van der Waals surface area contributed by atoms with Crippen molar-refractivity contribution in [2.24, 2.45) is 0 Å². The van der Waals surface area contributed by atoms with Crippen LogP contribution >= 0.6 is 0 Å². The molecule has 0 saturated carbocycles. The first-order valence-corrected chi connectivity index (χ1v) is 5.68. The molecule has 0 spiro atoms. The molecule has 0 aliphatic heterocycles. The molecule has 0 radical (unpaired) electrons. The zero-order valence-electron chi connectivity index (χ0n) is 10.4. The summed E-state index contributed by atoms with van der Waals surface area (Å²) in [5, 5.41) is 3.75. The first-order chi connectivity index (χ1) is 8.52. The highest BCUT2D eigenvalue weighted by Gasteiger charge is 2.18. The molecular formula is C15H14N2O. The van der Waals surface area contributed by atoms with E-state index in [4.69, 9.17) is 6.42 Å². The third kappa shape index (κ3) is 2.49. The van der Waals surface area contributed by atoms with E-state index < -0.39 is 5.54 Å². The van der Waals surface area contributed by atoms with Crippen LogP contribution in [0.5, 0.6) is 0 Å². The number of fused-ring (bicyclic) bond motifs is 1. The number of carbonyl (C=O) groups excluding carboxylic acids is 1. The summed E-state index contributed by atoms with van der Waals surface area (Å²) in [6.45, 7) is 3.54. The first-order valence-electron chi connectivity index (χ1n) is 5.68. The topological polar surface area (TPSA) is 42.0 Å². The molecule has 1 aromatic carbocycles. The highest BCUT2D eigenvalue weighted by Crippen LogP contribution is 2.12. The van der Waals surface area contributed by atoms with Gasteiger partial charge in [0.15, 0.2) is 0 Å². The van der Waals surface area contributed by atoms with Crippen molar-refractivity contribution in [1.29, 1.82) is 0 Å². The van der Waals surface area contributed by atoms with Crippen LogP contribution in [0.3, 0.4) is 0 Å². The van der Waals surface area contributed by atoms with E-state index in [-0.39, 0.29) is 5.91 Å². The molecule has 0 saturated heterocycles. The monoisotopic (exact) mass is 238 g/mol. The number of terminal acetylenes is 1. The predicted molar refractivity (Wildman–Crippen MR) is 72.1 cm³/mol. The molecule has 18 heavy (non-hydrogen) atoms. The van der Waals surface area contributed by atoms with E-state index in [0.29, 0.717) is 5.69 Å². The van der Waals surface area contributed by atoms with E-state index in [2.05, 4.69) is 16.2 Å². The predicted octanol–water partition coefficient (Wildman–Crippen LogP) is 2.38. The Kier molecular flexibility index (Phi) is 3.03. The Morgan fingerprint density at radius 2 is 2.00 bits per heavy atom. The Balaban J connectivity index is 2.32. The average molecular weight is 238 g/mol. The van der Waals surface area contributed by atoms with Gasteiger partial charge >= 0.3 is 0 Å². The second-order valence-electron chi connectivity index (χ2n) is 4.61. The Morgan fingerprint density at radius 3 is 2.72 bits per heavy atom. The van der Waals surface area contributed by atoms with Crippen LogP contribution in [0, 0.1) is 12.3 Å². The maximum Gasteiger partial charge on any atom is 0.271 e. The van der Waals surface area contributed by atoms with Gasteiger partial charge in [0.1, 0.15) is 5.69 Å². The van der Waals surface area contributed by atoms with Crippen molar-refractivity contribution in [1.82, 2.24) is 10.3 Å². The molecule has 90 valence electrons. The lowest BCUT2D eigenvalue weighted by Gasteiger charge is -2.19. The molecule has 3 nitrogen and oxygen atoms in total. The number of hydrogen-bond acceptors (Lipinski definition) is 2. The standard InChI is InChI=1S/C15H14N2O/c1-4-15(2,3)17-14(18)13-10-9-11-7-5-6-8-12(11)16-13/h1,5-10H,2-3H3,(H,17,18). The summed E-state index contributed by atoms with van der Waals surface area (Å²) < 4.78 is 0. The van der Waals surface area contributed by atoms with Crippen molar-refractivity contribution < 1.29 is 4.79 Å². The number of hydrogen-bond donors (Lipinski definition) is 1. The van der Waals surface area contributed by atoms with Crippen molar-refractivity contribution in [3.8, 4) is 12.3 Å². The molecule has 0 fully saturated rings. The number of nitrogens with one attached hydrogen (secondary N) is 1. The van der Waals surface area contributed by atoms with E-state index in [1.165, 1.54) is 0 Å². The van der Waals surface area contributed by atoms with Crippen molar-refractivity contribution in [3.63, 3.8) is 0 Å². The second kappa shape index (κ2) is 4.50. The molecule has 1 amide bonds. The zero-order valence-corrected chi connectivity index (χ0v) is 10.4. The largest absolute Gasteiger partial charge is 0.335 e. The lowest BCUT2D eigenvalue weighted by atomic mass is 10.1. The molecule has 3 heteroatoms. The number of rotatable bonds is 2. The van der Waals surface area contributed by atoms with Crippen LogP contribution in [0.25, 0.3) is 10.9 Å². The lowest BCUT2D eigenvalue weighted by molar-refractivity contribution is 0.0925. The van der Waals surface area contributed by atoms with Crippen LogP contribution < -0.4 is 5.32 Å². The summed E-state index contributed by atoms with van der Waals surface area (Å²) in [7, 11) is 0. The van der Waals surface area contributed by atoms with Gasteiger partial charge in [0.25, 0.3) is 5.91 Å². The molecule has 1 heterocycles. The Morgan fingerprint density at radius 1 is 1.28 bits per heavy atom. The quantitative estimate of drug-likeness (QED) is 0.816. The van der Waals surface area contributed by atoms with Crippen LogP contribution in [0.4, 0.5) is 0 Å². The minimum atomic E-state index is -0.676. The maximum atomic E-state index is 12.0. The third-order valence-corrected chi connectivity index (χ3v) is 2.62. The van der Waals surface area contributed by atoms with Gasteiger partial charge in [-0.3, -0.25) is 4.79 Å². The Hall–Kier alpha value is -2.34.